The van der Waals surface area contributed by atoms with Crippen LogP contribution in [0.25, 0.3) is 11.1 Å². The van der Waals surface area contributed by atoms with Crippen LogP contribution in [0.15, 0.2) is 66.7 Å². The average Bonchev–Trinajstić information content (AvgIpc) is 3.50. The van der Waals surface area contributed by atoms with Gasteiger partial charge in [0.15, 0.2) is 11.5 Å². The third-order valence-corrected chi connectivity index (χ3v) is 7.50. The summed E-state index contributed by atoms with van der Waals surface area (Å²) in [4.78, 5) is 14.3. The van der Waals surface area contributed by atoms with Gasteiger partial charge in [-0.3, -0.25) is 4.79 Å². The molecule has 0 saturated heterocycles. The maximum atomic E-state index is 12.1. The smallest absolute Gasteiger partial charge is 0.314 e. The normalized spacial score (nSPS) is 13.8. The molecule has 0 amide bonds. The van der Waals surface area contributed by atoms with Gasteiger partial charge in [-0.25, -0.2) is 0 Å². The first kappa shape index (κ1) is 32.9. The number of benzene rings is 3. The fraction of sp³-hybridized carbons (Fsp3) is 0.417. The molecule has 0 aliphatic carbocycles. The van der Waals surface area contributed by atoms with E-state index in [1.807, 2.05) is 60.7 Å². The molecule has 1 aliphatic rings. The zero-order valence-electron chi connectivity index (χ0n) is 26.7. The van der Waals surface area contributed by atoms with Crippen LogP contribution in [0.2, 0.25) is 0 Å². The van der Waals surface area contributed by atoms with Crippen molar-refractivity contribution in [3.05, 3.63) is 83.4 Å². The van der Waals surface area contributed by atoms with Crippen molar-refractivity contribution in [2.75, 3.05) is 39.8 Å². The van der Waals surface area contributed by atoms with Crippen molar-refractivity contribution in [1.29, 1.82) is 0 Å². The zero-order valence-corrected chi connectivity index (χ0v) is 26.7. The Bertz CT molecular complexity index is 1400. The summed E-state index contributed by atoms with van der Waals surface area (Å²) in [6.45, 7) is 14.4. The van der Waals surface area contributed by atoms with E-state index >= 15 is 0 Å². The van der Waals surface area contributed by atoms with Gasteiger partial charge in [0.1, 0.15) is 24.2 Å². The van der Waals surface area contributed by atoms with Crippen molar-refractivity contribution in [3.8, 4) is 23.0 Å². The SMILES string of the molecule is CCC(=C(c1ccc(OCOC(=O)C(C)(C)C)cc1)c1ccc(OCC(O)CN(CC)CC)cc1)c1ccc2c(c1)OCO2. The van der Waals surface area contributed by atoms with E-state index in [4.69, 9.17) is 23.7 Å². The average molecular weight is 604 g/mol. The Morgan fingerprint density at radius 3 is 1.98 bits per heavy atom. The highest BCUT2D eigenvalue weighted by Crippen LogP contribution is 2.40. The molecule has 3 aromatic rings. The van der Waals surface area contributed by atoms with Gasteiger partial charge >= 0.3 is 5.97 Å². The molecule has 0 aromatic heterocycles. The molecule has 1 N–H and O–H groups in total. The summed E-state index contributed by atoms with van der Waals surface area (Å²) in [7, 11) is 0. The Hall–Kier alpha value is -4.01. The molecule has 0 fully saturated rings. The summed E-state index contributed by atoms with van der Waals surface area (Å²) in [5.74, 6) is 2.45. The molecule has 1 atom stereocenters. The standard InChI is InChI=1S/C36H45NO7/c1-7-31(27-14-19-32-33(20-27)43-24-42-32)34(26-12-17-30(18-13-26)41-23-44-35(39)36(4,5)6)25-10-15-29(16-11-25)40-22-28(38)21-37(8-2)9-3/h10-20,28,38H,7-9,21-24H2,1-6H3. The van der Waals surface area contributed by atoms with E-state index in [2.05, 4.69) is 31.7 Å². The number of hydrogen-bond donors (Lipinski definition) is 1. The number of rotatable bonds is 14. The predicted octanol–water partition coefficient (Wildman–Crippen LogP) is 6.79. The molecule has 44 heavy (non-hydrogen) atoms. The fourth-order valence-electron chi connectivity index (χ4n) is 4.95. The topological polar surface area (TPSA) is 86.7 Å². The minimum atomic E-state index is -0.593. The Kier molecular flexibility index (Phi) is 11.3. The number of carbonyl (C=O) groups excluding carboxylic acids is 1. The first-order valence-electron chi connectivity index (χ1n) is 15.3. The number of nitrogens with zero attached hydrogens (tertiary/aromatic N) is 1. The summed E-state index contributed by atoms with van der Waals surface area (Å²) < 4.78 is 28.1. The lowest BCUT2D eigenvalue weighted by atomic mass is 9.88. The molecule has 8 heteroatoms. The van der Waals surface area contributed by atoms with Crippen LogP contribution in [-0.2, 0) is 9.53 Å². The molecule has 1 aliphatic heterocycles. The first-order chi connectivity index (χ1) is 21.1. The molecule has 4 rings (SSSR count). The van der Waals surface area contributed by atoms with Crippen molar-refractivity contribution in [3.63, 3.8) is 0 Å². The highest BCUT2D eigenvalue weighted by atomic mass is 16.7. The molecule has 0 saturated carbocycles. The molecule has 3 aromatic carbocycles. The van der Waals surface area contributed by atoms with Gasteiger partial charge in [-0.2, -0.15) is 0 Å². The number of aliphatic hydroxyl groups is 1. The van der Waals surface area contributed by atoms with Crippen LogP contribution in [0.1, 0.15) is 64.7 Å². The van der Waals surface area contributed by atoms with Crippen molar-refractivity contribution in [1.82, 2.24) is 4.90 Å². The summed E-state index contributed by atoms with van der Waals surface area (Å²) >= 11 is 0. The van der Waals surface area contributed by atoms with Crippen LogP contribution in [0, 0.1) is 5.41 Å². The van der Waals surface area contributed by atoms with Crippen LogP contribution in [0.4, 0.5) is 0 Å². The Morgan fingerprint density at radius 1 is 0.841 bits per heavy atom. The zero-order chi connectivity index (χ0) is 31.7. The second-order valence-electron chi connectivity index (χ2n) is 11.7. The van der Waals surface area contributed by atoms with Crippen LogP contribution < -0.4 is 18.9 Å². The van der Waals surface area contributed by atoms with Gasteiger partial charge in [0, 0.05) is 6.54 Å². The molecular weight excluding hydrogens is 558 g/mol. The van der Waals surface area contributed by atoms with Crippen molar-refractivity contribution in [2.24, 2.45) is 5.41 Å². The van der Waals surface area contributed by atoms with E-state index in [-0.39, 0.29) is 26.2 Å². The minimum Gasteiger partial charge on any atom is -0.491 e. The summed E-state index contributed by atoms with van der Waals surface area (Å²) in [5, 5.41) is 10.4. The maximum Gasteiger partial charge on any atom is 0.314 e. The highest BCUT2D eigenvalue weighted by Gasteiger charge is 2.23. The van der Waals surface area contributed by atoms with Gasteiger partial charge in [-0.15, -0.1) is 0 Å². The third-order valence-electron chi connectivity index (χ3n) is 7.50. The van der Waals surface area contributed by atoms with Crippen LogP contribution in [0.3, 0.4) is 0 Å². The molecule has 1 heterocycles. The van der Waals surface area contributed by atoms with Gasteiger partial charge in [-0.1, -0.05) is 51.1 Å². The number of fused-ring (bicyclic) bond motifs is 1. The highest BCUT2D eigenvalue weighted by molar-refractivity contribution is 5.99. The molecular formula is C36H45NO7. The van der Waals surface area contributed by atoms with E-state index in [9.17, 15) is 9.90 Å². The number of hydrogen-bond acceptors (Lipinski definition) is 8. The Morgan fingerprint density at radius 2 is 1.41 bits per heavy atom. The monoisotopic (exact) mass is 603 g/mol. The molecule has 236 valence electrons. The van der Waals surface area contributed by atoms with E-state index in [1.165, 1.54) is 0 Å². The molecule has 1 unspecified atom stereocenters. The predicted molar refractivity (Wildman–Crippen MR) is 172 cm³/mol. The lowest BCUT2D eigenvalue weighted by Gasteiger charge is -2.22. The van der Waals surface area contributed by atoms with Gasteiger partial charge < -0.3 is 33.7 Å². The van der Waals surface area contributed by atoms with Gasteiger partial charge in [0.25, 0.3) is 0 Å². The molecule has 0 spiro atoms. The van der Waals surface area contributed by atoms with Gasteiger partial charge in [-0.05, 0) is 105 Å². The molecule has 0 radical (unpaired) electrons. The van der Waals surface area contributed by atoms with E-state index in [1.54, 1.807) is 20.8 Å². The molecule has 8 nitrogen and oxygen atoms in total. The number of carbonyl (C=O) groups is 1. The lowest BCUT2D eigenvalue weighted by Crippen LogP contribution is -2.35. The number of esters is 1. The molecule has 0 bridgehead atoms. The summed E-state index contributed by atoms with van der Waals surface area (Å²) in [5.41, 5.74) is 4.67. The Labute approximate surface area is 261 Å². The number of likely N-dealkylation sites (N-methyl/N-ethyl adjacent to an activating group) is 1. The van der Waals surface area contributed by atoms with Crippen molar-refractivity contribution < 1.29 is 33.6 Å². The third kappa shape index (κ3) is 8.55. The number of aliphatic hydroxyl groups excluding tert-OH is 1. The van der Waals surface area contributed by atoms with E-state index < -0.39 is 11.5 Å². The van der Waals surface area contributed by atoms with Crippen molar-refractivity contribution >= 4 is 17.1 Å². The van der Waals surface area contributed by atoms with E-state index in [0.29, 0.717) is 18.0 Å². The number of ether oxygens (including phenoxy) is 5. The first-order valence-corrected chi connectivity index (χ1v) is 15.3. The van der Waals surface area contributed by atoms with Gasteiger partial charge in [0.05, 0.1) is 5.41 Å². The van der Waals surface area contributed by atoms with Crippen molar-refractivity contribution in [2.45, 2.75) is 54.1 Å². The largest absolute Gasteiger partial charge is 0.491 e. The number of allylic oxidation sites excluding steroid dienone is 1. The maximum absolute atomic E-state index is 12.1. The van der Waals surface area contributed by atoms with Crippen LogP contribution in [0.5, 0.6) is 23.0 Å². The minimum absolute atomic E-state index is 0.152. The van der Waals surface area contributed by atoms with Gasteiger partial charge in [0.2, 0.25) is 13.6 Å². The van der Waals surface area contributed by atoms with Crippen LogP contribution >= 0.6 is 0 Å². The fourth-order valence-corrected chi connectivity index (χ4v) is 4.95. The Balaban J connectivity index is 1.60. The summed E-state index contributed by atoms with van der Waals surface area (Å²) in [6.07, 6.45) is 0.201. The second-order valence-corrected chi connectivity index (χ2v) is 11.7. The van der Waals surface area contributed by atoms with E-state index in [0.717, 1.165) is 58.8 Å². The second kappa shape index (κ2) is 15.1. The lowest BCUT2D eigenvalue weighted by molar-refractivity contribution is -0.159. The van der Waals surface area contributed by atoms with Crippen LogP contribution in [-0.4, -0.2) is 61.9 Å². The quantitative estimate of drug-likeness (QED) is 0.122. The summed E-state index contributed by atoms with van der Waals surface area (Å²) in [6, 6.07) is 21.8.